The first kappa shape index (κ1) is 22.4. The van der Waals surface area contributed by atoms with E-state index >= 15 is 0 Å². The zero-order valence-electron chi connectivity index (χ0n) is 17.7. The fraction of sp³-hybridized carbons (Fsp3) is 0.292. The minimum Gasteiger partial charge on any atom is -0.507 e. The Kier molecular flexibility index (Phi) is 7.70. The van der Waals surface area contributed by atoms with Crippen LogP contribution in [0.3, 0.4) is 0 Å². The van der Waals surface area contributed by atoms with Gasteiger partial charge >= 0.3 is 0 Å². The third-order valence-electron chi connectivity index (χ3n) is 4.96. The molecule has 0 radical (unpaired) electrons. The molecule has 31 heavy (non-hydrogen) atoms. The summed E-state index contributed by atoms with van der Waals surface area (Å²) in [5, 5.41) is 20.8. The van der Waals surface area contributed by atoms with Gasteiger partial charge in [0.1, 0.15) is 38.1 Å². The molecule has 7 heteroatoms. The maximum absolute atomic E-state index is 11.6. The number of methoxy groups -OCH3 is 1. The third kappa shape index (κ3) is 6.34. The number of ether oxygens (including phenoxy) is 2. The zero-order chi connectivity index (χ0) is 22.2. The van der Waals surface area contributed by atoms with Crippen LogP contribution >= 0.6 is 0 Å². The average molecular weight is 426 g/mol. The number of nitrogens with one attached hydrogen (secondary N) is 1. The van der Waals surface area contributed by atoms with Crippen LogP contribution in [0.2, 0.25) is 0 Å². The highest BCUT2D eigenvalue weighted by molar-refractivity contribution is 5.94. The summed E-state index contributed by atoms with van der Waals surface area (Å²) in [6, 6.07) is 15.8. The molecule has 7 nitrogen and oxygen atoms in total. The molecule has 0 aliphatic rings. The normalized spacial score (nSPS) is 12.9. The van der Waals surface area contributed by atoms with E-state index in [9.17, 15) is 15.0 Å². The van der Waals surface area contributed by atoms with Gasteiger partial charge in [0.25, 0.3) is 0 Å². The number of phenolic OH excluding ortho intramolecular Hbond substituents is 1. The van der Waals surface area contributed by atoms with Crippen molar-refractivity contribution in [2.24, 2.45) is 0 Å². The standard InChI is InChI=1S/C24H27NO6/c1-17(26)18-9-10-23(24(12-18)29-2)31-16-20(27)14-25(15-21-7-5-11-30-21)13-19-6-3-4-8-22(19)28/h3-12,20,27-28H,13-16H2,1-2H3/p+1/t20-/m0/s1. The second-order valence-corrected chi connectivity index (χ2v) is 7.40. The third-order valence-corrected chi connectivity index (χ3v) is 4.96. The van der Waals surface area contributed by atoms with Gasteiger partial charge in [-0.15, -0.1) is 0 Å². The SMILES string of the molecule is COc1cc(C(C)=O)ccc1OC[C@@H](O)C[NH+](Cc1ccco1)Cc1ccccc1O. The van der Waals surface area contributed by atoms with Crippen molar-refractivity contribution in [2.45, 2.75) is 26.1 Å². The maximum atomic E-state index is 11.6. The number of aliphatic hydroxyl groups excluding tert-OH is 1. The van der Waals surface area contributed by atoms with E-state index in [1.807, 2.05) is 24.3 Å². The molecule has 0 aliphatic carbocycles. The van der Waals surface area contributed by atoms with Gasteiger partial charge < -0.3 is 29.0 Å². The van der Waals surface area contributed by atoms with E-state index in [1.165, 1.54) is 14.0 Å². The van der Waals surface area contributed by atoms with Gasteiger partial charge in [0, 0.05) is 11.1 Å². The predicted octanol–water partition coefficient (Wildman–Crippen LogP) is 2.22. The summed E-state index contributed by atoms with van der Waals surface area (Å²) in [7, 11) is 1.50. The molecule has 3 rings (SSSR count). The van der Waals surface area contributed by atoms with Crippen molar-refractivity contribution in [1.82, 2.24) is 0 Å². The number of ketones is 1. The second kappa shape index (κ2) is 10.7. The summed E-state index contributed by atoms with van der Waals surface area (Å²) >= 11 is 0. The Bertz CT molecular complexity index is 985. The number of benzene rings is 2. The molecule has 0 saturated carbocycles. The van der Waals surface area contributed by atoms with E-state index in [2.05, 4.69) is 0 Å². The largest absolute Gasteiger partial charge is 0.507 e. The first-order chi connectivity index (χ1) is 15.0. The topological polar surface area (TPSA) is 93.6 Å². The summed E-state index contributed by atoms with van der Waals surface area (Å²) in [5.74, 6) is 1.85. The number of carbonyl (C=O) groups excluding carboxylic acids is 1. The van der Waals surface area contributed by atoms with E-state index in [1.54, 1.807) is 36.6 Å². The van der Waals surface area contributed by atoms with Crippen LogP contribution in [0, 0.1) is 0 Å². The number of hydrogen-bond acceptors (Lipinski definition) is 6. The molecule has 0 aliphatic heterocycles. The molecule has 0 bridgehead atoms. The van der Waals surface area contributed by atoms with Gasteiger partial charge in [-0.25, -0.2) is 0 Å². The Morgan fingerprint density at radius 1 is 1.10 bits per heavy atom. The predicted molar refractivity (Wildman–Crippen MR) is 115 cm³/mol. The Balaban J connectivity index is 1.65. The molecule has 1 unspecified atom stereocenters. The average Bonchev–Trinajstić information content (AvgIpc) is 3.26. The molecule has 164 valence electrons. The number of quaternary nitrogens is 1. The van der Waals surface area contributed by atoms with Crippen LogP contribution < -0.4 is 14.4 Å². The van der Waals surface area contributed by atoms with Gasteiger partial charge in [0.05, 0.1) is 13.4 Å². The van der Waals surface area contributed by atoms with Gasteiger partial charge in [-0.1, -0.05) is 12.1 Å². The molecule has 3 N–H and O–H groups in total. The van der Waals surface area contributed by atoms with Gasteiger partial charge in [-0.3, -0.25) is 4.79 Å². The number of para-hydroxylation sites is 1. The molecule has 2 aromatic carbocycles. The Morgan fingerprint density at radius 3 is 2.58 bits per heavy atom. The van der Waals surface area contributed by atoms with Crippen molar-refractivity contribution in [3.63, 3.8) is 0 Å². The fourth-order valence-electron chi connectivity index (χ4n) is 3.38. The second-order valence-electron chi connectivity index (χ2n) is 7.40. The molecule has 0 fully saturated rings. The van der Waals surface area contributed by atoms with Crippen molar-refractivity contribution in [1.29, 1.82) is 0 Å². The molecule has 1 aromatic heterocycles. The van der Waals surface area contributed by atoms with E-state index in [4.69, 9.17) is 13.9 Å². The van der Waals surface area contributed by atoms with Crippen LogP contribution in [-0.4, -0.2) is 42.4 Å². The van der Waals surface area contributed by atoms with Crippen LogP contribution in [0.5, 0.6) is 17.2 Å². The van der Waals surface area contributed by atoms with Crippen molar-refractivity contribution >= 4 is 5.78 Å². The lowest BCUT2D eigenvalue weighted by atomic mass is 10.1. The lowest BCUT2D eigenvalue weighted by Crippen LogP contribution is -3.10. The first-order valence-electron chi connectivity index (χ1n) is 10.1. The number of phenols is 1. The number of rotatable bonds is 11. The number of aliphatic hydroxyl groups is 1. The van der Waals surface area contributed by atoms with E-state index in [-0.39, 0.29) is 18.1 Å². The Morgan fingerprint density at radius 2 is 1.90 bits per heavy atom. The van der Waals surface area contributed by atoms with E-state index < -0.39 is 6.10 Å². The van der Waals surface area contributed by atoms with Gasteiger partial charge in [0.2, 0.25) is 0 Å². The van der Waals surface area contributed by atoms with Crippen LogP contribution in [0.15, 0.2) is 65.3 Å². The minimum atomic E-state index is -0.770. The summed E-state index contributed by atoms with van der Waals surface area (Å²) < 4.78 is 16.5. The summed E-state index contributed by atoms with van der Waals surface area (Å²) in [6.45, 7) is 2.98. The van der Waals surface area contributed by atoms with E-state index in [0.717, 1.165) is 16.2 Å². The number of Topliss-reactive ketones (excluding diaryl/α,β-unsaturated/α-hetero) is 1. The van der Waals surface area contributed by atoms with Gasteiger partial charge in [-0.2, -0.15) is 0 Å². The number of aromatic hydroxyl groups is 1. The molecule has 0 saturated heterocycles. The smallest absolute Gasteiger partial charge is 0.161 e. The molecule has 0 amide bonds. The van der Waals surface area contributed by atoms with Crippen LogP contribution in [0.1, 0.15) is 28.6 Å². The van der Waals surface area contributed by atoms with Gasteiger partial charge in [-0.05, 0) is 49.4 Å². The lowest BCUT2D eigenvalue weighted by molar-refractivity contribution is -0.931. The van der Waals surface area contributed by atoms with Crippen molar-refractivity contribution < 1.29 is 33.8 Å². The molecular weight excluding hydrogens is 398 g/mol. The molecule has 3 aromatic rings. The molecule has 2 atom stereocenters. The van der Waals surface area contributed by atoms with Gasteiger partial charge in [0.15, 0.2) is 23.0 Å². The summed E-state index contributed by atoms with van der Waals surface area (Å²) in [4.78, 5) is 12.6. The first-order valence-corrected chi connectivity index (χ1v) is 10.1. The number of furan rings is 1. The minimum absolute atomic E-state index is 0.0538. The van der Waals surface area contributed by atoms with Crippen molar-refractivity contribution in [3.8, 4) is 17.2 Å². The lowest BCUT2D eigenvalue weighted by Gasteiger charge is -2.22. The quantitative estimate of drug-likeness (QED) is 0.407. The van der Waals surface area contributed by atoms with Crippen LogP contribution in [0.4, 0.5) is 0 Å². The molecular formula is C24H28NO6+. The summed E-state index contributed by atoms with van der Waals surface area (Å²) in [5.41, 5.74) is 1.32. The maximum Gasteiger partial charge on any atom is 0.161 e. The fourth-order valence-corrected chi connectivity index (χ4v) is 3.38. The van der Waals surface area contributed by atoms with Crippen molar-refractivity contribution in [3.05, 3.63) is 77.7 Å². The van der Waals surface area contributed by atoms with E-state index in [0.29, 0.717) is 36.7 Å². The van der Waals surface area contributed by atoms with Crippen LogP contribution in [-0.2, 0) is 13.1 Å². The highest BCUT2D eigenvalue weighted by Crippen LogP contribution is 2.28. The van der Waals surface area contributed by atoms with Crippen molar-refractivity contribution in [2.75, 3.05) is 20.3 Å². The van der Waals surface area contributed by atoms with Crippen LogP contribution in [0.25, 0.3) is 0 Å². The Hall–Kier alpha value is -3.29. The highest BCUT2D eigenvalue weighted by atomic mass is 16.5. The highest BCUT2D eigenvalue weighted by Gasteiger charge is 2.20. The summed E-state index contributed by atoms with van der Waals surface area (Å²) in [6.07, 6.45) is 0.844. The zero-order valence-corrected chi connectivity index (χ0v) is 17.7. The molecule has 0 spiro atoms. The Labute approximate surface area is 181 Å². The molecule has 1 heterocycles. The monoisotopic (exact) mass is 426 g/mol. The number of hydrogen-bond donors (Lipinski definition) is 3. The number of carbonyl (C=O) groups is 1.